The van der Waals surface area contributed by atoms with Gasteiger partial charge in [0.2, 0.25) is 0 Å². The summed E-state index contributed by atoms with van der Waals surface area (Å²) in [6.45, 7) is 6.16. The van der Waals surface area contributed by atoms with Crippen LogP contribution in [0.1, 0.15) is 49.2 Å². The fourth-order valence-corrected chi connectivity index (χ4v) is 3.30. The minimum absolute atomic E-state index is 0.180. The lowest BCUT2D eigenvalue weighted by molar-refractivity contribution is 0.0852. The summed E-state index contributed by atoms with van der Waals surface area (Å²) in [5.74, 6) is 1.18. The average Bonchev–Trinajstić information content (AvgIpc) is 2.80. The van der Waals surface area contributed by atoms with Gasteiger partial charge in [-0.2, -0.15) is 0 Å². The average molecular weight is 255 g/mol. The van der Waals surface area contributed by atoms with Gasteiger partial charge >= 0.3 is 0 Å². The predicted molar refractivity (Wildman–Crippen MR) is 69.6 cm³/mol. The second-order valence-electron chi connectivity index (χ2n) is 5.03. The van der Waals surface area contributed by atoms with E-state index in [4.69, 9.17) is 9.72 Å². The molecule has 0 aliphatic carbocycles. The number of aliphatic hydroxyl groups excluding tert-OH is 1. The van der Waals surface area contributed by atoms with Gasteiger partial charge in [-0.3, -0.25) is 0 Å². The summed E-state index contributed by atoms with van der Waals surface area (Å²) < 4.78 is 5.37. The number of ether oxygens (including phenoxy) is 1. The number of hydrogen-bond acceptors (Lipinski definition) is 4. The molecule has 0 saturated carbocycles. The summed E-state index contributed by atoms with van der Waals surface area (Å²) in [5.41, 5.74) is 1.06. The van der Waals surface area contributed by atoms with Crippen LogP contribution in [-0.2, 0) is 4.74 Å². The fraction of sp³-hybridized carbons (Fsp3) is 0.769. The van der Waals surface area contributed by atoms with Crippen LogP contribution in [-0.4, -0.2) is 29.9 Å². The monoisotopic (exact) mass is 255 g/mol. The van der Waals surface area contributed by atoms with Gasteiger partial charge in [-0.25, -0.2) is 4.98 Å². The molecule has 2 heterocycles. The van der Waals surface area contributed by atoms with Crippen molar-refractivity contribution in [1.29, 1.82) is 0 Å². The molecule has 96 valence electrons. The summed E-state index contributed by atoms with van der Waals surface area (Å²) in [5, 5.41) is 12.8. The van der Waals surface area contributed by atoms with E-state index in [1.807, 2.05) is 0 Å². The number of hydrogen-bond donors (Lipinski definition) is 1. The maximum atomic E-state index is 9.41. The van der Waals surface area contributed by atoms with Crippen molar-refractivity contribution in [3.63, 3.8) is 0 Å². The quantitative estimate of drug-likeness (QED) is 0.899. The Labute approximate surface area is 107 Å². The molecule has 1 saturated heterocycles. The summed E-state index contributed by atoms with van der Waals surface area (Å²) in [4.78, 5) is 4.73. The van der Waals surface area contributed by atoms with Crippen molar-refractivity contribution in [2.24, 2.45) is 5.92 Å². The lowest BCUT2D eigenvalue weighted by atomic mass is 9.94. The van der Waals surface area contributed by atoms with Crippen molar-refractivity contribution in [3.05, 3.63) is 16.1 Å². The van der Waals surface area contributed by atoms with Gasteiger partial charge in [0, 0.05) is 30.4 Å². The second-order valence-corrected chi connectivity index (χ2v) is 5.92. The normalized spacial score (nSPS) is 19.8. The van der Waals surface area contributed by atoms with Crippen LogP contribution in [0, 0.1) is 5.92 Å². The number of rotatable bonds is 4. The van der Waals surface area contributed by atoms with Crippen LogP contribution in [0.4, 0.5) is 0 Å². The summed E-state index contributed by atoms with van der Waals surface area (Å²) in [6.07, 6.45) is 2.16. The minimum atomic E-state index is 0.180. The van der Waals surface area contributed by atoms with E-state index in [0.717, 1.165) is 31.7 Å². The first-order chi connectivity index (χ1) is 8.22. The highest BCUT2D eigenvalue weighted by Crippen LogP contribution is 2.32. The zero-order chi connectivity index (χ0) is 12.3. The molecule has 3 nitrogen and oxygen atoms in total. The third-order valence-electron chi connectivity index (χ3n) is 3.49. The van der Waals surface area contributed by atoms with Crippen molar-refractivity contribution >= 4 is 11.3 Å². The lowest BCUT2D eigenvalue weighted by Gasteiger charge is -2.20. The fourth-order valence-electron chi connectivity index (χ4n) is 2.25. The van der Waals surface area contributed by atoms with Crippen LogP contribution in [0.25, 0.3) is 0 Å². The highest BCUT2D eigenvalue weighted by Gasteiger charge is 2.22. The van der Waals surface area contributed by atoms with Crippen LogP contribution in [0.2, 0.25) is 0 Å². The predicted octanol–water partition coefficient (Wildman–Crippen LogP) is 2.77. The van der Waals surface area contributed by atoms with Crippen molar-refractivity contribution in [2.45, 2.75) is 38.5 Å². The topological polar surface area (TPSA) is 42.4 Å². The first-order valence-electron chi connectivity index (χ1n) is 6.36. The van der Waals surface area contributed by atoms with Crippen LogP contribution in [0.5, 0.6) is 0 Å². The molecule has 1 N–H and O–H groups in total. The van der Waals surface area contributed by atoms with Crippen molar-refractivity contribution in [2.75, 3.05) is 19.8 Å². The molecular formula is C13H21NO2S. The SMILES string of the molecule is CC(C)C(CO)c1csc(C2CCOCC2)n1. The highest BCUT2D eigenvalue weighted by atomic mass is 32.1. The van der Waals surface area contributed by atoms with Gasteiger partial charge in [0.05, 0.1) is 17.3 Å². The minimum Gasteiger partial charge on any atom is -0.396 e. The third-order valence-corrected chi connectivity index (χ3v) is 4.52. The van der Waals surface area contributed by atoms with E-state index in [1.54, 1.807) is 11.3 Å². The molecule has 1 aliphatic rings. The molecule has 0 amide bonds. The maximum absolute atomic E-state index is 9.41. The Balaban J connectivity index is 2.08. The molecule has 0 aromatic carbocycles. The van der Waals surface area contributed by atoms with Crippen molar-refractivity contribution in [1.82, 2.24) is 4.98 Å². The summed E-state index contributed by atoms with van der Waals surface area (Å²) >= 11 is 1.74. The Morgan fingerprint density at radius 2 is 2.18 bits per heavy atom. The lowest BCUT2D eigenvalue weighted by Crippen LogP contribution is -2.15. The van der Waals surface area contributed by atoms with Crippen molar-refractivity contribution in [3.8, 4) is 0 Å². The number of aromatic nitrogens is 1. The van der Waals surface area contributed by atoms with Gasteiger partial charge in [-0.15, -0.1) is 11.3 Å². The first-order valence-corrected chi connectivity index (χ1v) is 7.24. The Morgan fingerprint density at radius 1 is 1.47 bits per heavy atom. The molecule has 0 radical (unpaired) electrons. The van der Waals surface area contributed by atoms with E-state index >= 15 is 0 Å². The van der Waals surface area contributed by atoms with Gasteiger partial charge in [0.1, 0.15) is 0 Å². The van der Waals surface area contributed by atoms with Gasteiger partial charge in [-0.05, 0) is 18.8 Å². The second kappa shape index (κ2) is 5.94. The largest absolute Gasteiger partial charge is 0.396 e. The molecule has 2 rings (SSSR count). The molecule has 0 spiro atoms. The van der Waals surface area contributed by atoms with Gasteiger partial charge in [0.25, 0.3) is 0 Å². The molecule has 1 fully saturated rings. The van der Waals surface area contributed by atoms with Gasteiger partial charge in [0.15, 0.2) is 0 Å². The molecule has 1 aromatic rings. The first kappa shape index (κ1) is 13.0. The van der Waals surface area contributed by atoms with Crippen LogP contribution in [0.3, 0.4) is 0 Å². The van der Waals surface area contributed by atoms with E-state index in [2.05, 4.69) is 19.2 Å². The molecule has 1 unspecified atom stereocenters. The molecule has 4 heteroatoms. The van der Waals surface area contributed by atoms with E-state index in [0.29, 0.717) is 11.8 Å². The standard InChI is InChI=1S/C13H21NO2S/c1-9(2)11(7-15)12-8-17-13(14-12)10-3-5-16-6-4-10/h8-11,15H,3-7H2,1-2H3. The van der Waals surface area contributed by atoms with E-state index < -0.39 is 0 Å². The van der Waals surface area contributed by atoms with Crippen LogP contribution in [0.15, 0.2) is 5.38 Å². The van der Waals surface area contributed by atoms with Gasteiger partial charge in [-0.1, -0.05) is 13.8 Å². The smallest absolute Gasteiger partial charge is 0.0961 e. The molecule has 1 aromatic heterocycles. The number of aliphatic hydroxyl groups is 1. The molecule has 0 bridgehead atoms. The Hall–Kier alpha value is -0.450. The zero-order valence-corrected chi connectivity index (χ0v) is 11.4. The highest BCUT2D eigenvalue weighted by molar-refractivity contribution is 7.09. The van der Waals surface area contributed by atoms with Crippen molar-refractivity contribution < 1.29 is 9.84 Å². The number of nitrogens with zero attached hydrogens (tertiary/aromatic N) is 1. The third kappa shape index (κ3) is 3.06. The summed E-state index contributed by atoms with van der Waals surface area (Å²) in [6, 6.07) is 0. The molecular weight excluding hydrogens is 234 g/mol. The molecule has 17 heavy (non-hydrogen) atoms. The van der Waals surface area contributed by atoms with E-state index in [-0.39, 0.29) is 12.5 Å². The molecule has 1 aliphatic heterocycles. The Bertz CT molecular complexity index is 345. The molecule has 1 atom stereocenters. The van der Waals surface area contributed by atoms with Gasteiger partial charge < -0.3 is 9.84 Å². The van der Waals surface area contributed by atoms with Crippen LogP contribution < -0.4 is 0 Å². The maximum Gasteiger partial charge on any atom is 0.0961 e. The zero-order valence-electron chi connectivity index (χ0n) is 10.6. The number of thiazole rings is 1. The Morgan fingerprint density at radius 3 is 2.76 bits per heavy atom. The Kier molecular flexibility index (Phi) is 4.54. The summed E-state index contributed by atoms with van der Waals surface area (Å²) in [7, 11) is 0. The van der Waals surface area contributed by atoms with Crippen LogP contribution >= 0.6 is 11.3 Å². The van der Waals surface area contributed by atoms with E-state index in [1.165, 1.54) is 5.01 Å². The van der Waals surface area contributed by atoms with E-state index in [9.17, 15) is 5.11 Å².